The van der Waals surface area contributed by atoms with E-state index in [0.717, 1.165) is 24.6 Å². The average Bonchev–Trinajstić information content (AvgIpc) is 2.44. The van der Waals surface area contributed by atoms with Gasteiger partial charge in [-0.05, 0) is 6.07 Å². The molecule has 0 saturated carbocycles. The molecule has 0 aromatic heterocycles. The molecule has 1 saturated heterocycles. The second-order valence-electron chi connectivity index (χ2n) is 4.32. The number of carbonyl (C=O) groups excluding carboxylic acids is 1. The standard InChI is InChI=1S/C13H15Cl2N3OS/c14-11-3-1-2-10(13(11)15)8-16-17-12(19)9-18-4-6-20-7-5-18/h1-3,8H,4-7,9H2,(H,17,19)/b16-8+. The predicted molar refractivity (Wildman–Crippen MR) is 86.0 cm³/mol. The molecule has 1 aliphatic rings. The molecule has 0 unspecified atom stereocenters. The van der Waals surface area contributed by atoms with Crippen molar-refractivity contribution in [1.29, 1.82) is 0 Å². The predicted octanol–water partition coefficient (Wildman–Crippen LogP) is 2.49. The molecule has 1 N–H and O–H groups in total. The first kappa shape index (κ1) is 15.6. The largest absolute Gasteiger partial charge is 0.293 e. The molecule has 0 aliphatic carbocycles. The van der Waals surface area contributed by atoms with Crippen LogP contribution in [0.5, 0.6) is 0 Å². The van der Waals surface area contributed by atoms with Gasteiger partial charge in [0.05, 0.1) is 22.8 Å². The third kappa shape index (κ3) is 4.66. The highest BCUT2D eigenvalue weighted by Crippen LogP contribution is 2.24. The molecular weight excluding hydrogens is 317 g/mol. The van der Waals surface area contributed by atoms with Gasteiger partial charge >= 0.3 is 0 Å². The molecule has 0 spiro atoms. The van der Waals surface area contributed by atoms with Crippen molar-refractivity contribution >= 4 is 47.1 Å². The Morgan fingerprint density at radius 1 is 1.40 bits per heavy atom. The molecule has 1 heterocycles. The molecule has 20 heavy (non-hydrogen) atoms. The van der Waals surface area contributed by atoms with Crippen molar-refractivity contribution in [3.8, 4) is 0 Å². The van der Waals surface area contributed by atoms with Crippen molar-refractivity contribution in [2.75, 3.05) is 31.1 Å². The normalized spacial score (nSPS) is 16.5. The van der Waals surface area contributed by atoms with Gasteiger partial charge in [-0.2, -0.15) is 16.9 Å². The van der Waals surface area contributed by atoms with E-state index < -0.39 is 0 Å². The van der Waals surface area contributed by atoms with Crippen molar-refractivity contribution in [1.82, 2.24) is 10.3 Å². The van der Waals surface area contributed by atoms with E-state index >= 15 is 0 Å². The fourth-order valence-corrected chi connectivity index (χ4v) is 3.13. The molecule has 1 aromatic carbocycles. The topological polar surface area (TPSA) is 44.7 Å². The Hall–Kier alpha value is -0.750. The van der Waals surface area contributed by atoms with Crippen LogP contribution < -0.4 is 5.43 Å². The van der Waals surface area contributed by atoms with E-state index in [9.17, 15) is 4.79 Å². The summed E-state index contributed by atoms with van der Waals surface area (Å²) in [6, 6.07) is 5.27. The maximum Gasteiger partial charge on any atom is 0.254 e. The Morgan fingerprint density at radius 2 is 2.15 bits per heavy atom. The Balaban J connectivity index is 1.83. The second-order valence-corrected chi connectivity index (χ2v) is 6.33. The molecular formula is C13H15Cl2N3OS. The minimum Gasteiger partial charge on any atom is -0.293 e. The zero-order valence-electron chi connectivity index (χ0n) is 10.8. The van der Waals surface area contributed by atoms with Crippen LogP contribution in [-0.2, 0) is 4.79 Å². The summed E-state index contributed by atoms with van der Waals surface area (Å²) in [5.41, 5.74) is 3.18. The lowest BCUT2D eigenvalue weighted by molar-refractivity contribution is -0.122. The number of nitrogens with one attached hydrogen (secondary N) is 1. The van der Waals surface area contributed by atoms with E-state index in [-0.39, 0.29) is 5.91 Å². The number of rotatable bonds is 4. The van der Waals surface area contributed by atoms with Crippen LogP contribution in [0.3, 0.4) is 0 Å². The summed E-state index contributed by atoms with van der Waals surface area (Å²) in [4.78, 5) is 13.8. The highest BCUT2D eigenvalue weighted by Gasteiger charge is 2.13. The molecule has 0 radical (unpaired) electrons. The summed E-state index contributed by atoms with van der Waals surface area (Å²) in [5, 5.41) is 4.81. The van der Waals surface area contributed by atoms with Crippen LogP contribution in [0, 0.1) is 0 Å². The van der Waals surface area contributed by atoms with Gasteiger partial charge in [0.25, 0.3) is 5.91 Å². The van der Waals surface area contributed by atoms with Crippen LogP contribution in [0.15, 0.2) is 23.3 Å². The first-order valence-corrected chi connectivity index (χ1v) is 8.14. The van der Waals surface area contributed by atoms with Gasteiger partial charge in [0.2, 0.25) is 0 Å². The summed E-state index contributed by atoms with van der Waals surface area (Å²) in [6.07, 6.45) is 1.50. The van der Waals surface area contributed by atoms with Crippen molar-refractivity contribution in [3.05, 3.63) is 33.8 Å². The van der Waals surface area contributed by atoms with Crippen LogP contribution in [0.25, 0.3) is 0 Å². The molecule has 1 amide bonds. The molecule has 108 valence electrons. The fourth-order valence-electron chi connectivity index (χ4n) is 1.79. The maximum absolute atomic E-state index is 11.7. The van der Waals surface area contributed by atoms with Crippen molar-refractivity contribution < 1.29 is 4.79 Å². The van der Waals surface area contributed by atoms with Gasteiger partial charge in [0.1, 0.15) is 0 Å². The third-order valence-electron chi connectivity index (χ3n) is 2.85. The number of benzene rings is 1. The van der Waals surface area contributed by atoms with Gasteiger partial charge in [-0.15, -0.1) is 0 Å². The molecule has 2 rings (SSSR count). The zero-order valence-corrected chi connectivity index (χ0v) is 13.1. The molecule has 7 heteroatoms. The lowest BCUT2D eigenvalue weighted by atomic mass is 10.2. The summed E-state index contributed by atoms with van der Waals surface area (Å²) in [5.74, 6) is 2.04. The highest BCUT2D eigenvalue weighted by atomic mass is 35.5. The Labute approximate surface area is 132 Å². The van der Waals surface area contributed by atoms with Gasteiger partial charge in [-0.3, -0.25) is 9.69 Å². The number of hydrazone groups is 1. The van der Waals surface area contributed by atoms with Gasteiger partial charge < -0.3 is 0 Å². The molecule has 0 atom stereocenters. The average molecular weight is 332 g/mol. The van der Waals surface area contributed by atoms with E-state index in [1.807, 2.05) is 11.8 Å². The Morgan fingerprint density at radius 3 is 2.90 bits per heavy atom. The first-order chi connectivity index (χ1) is 9.66. The van der Waals surface area contributed by atoms with Gasteiger partial charge in [-0.25, -0.2) is 5.43 Å². The van der Waals surface area contributed by atoms with E-state index in [2.05, 4.69) is 15.4 Å². The van der Waals surface area contributed by atoms with Crippen LogP contribution in [0.4, 0.5) is 0 Å². The zero-order chi connectivity index (χ0) is 14.4. The second kappa shape index (κ2) is 7.88. The molecule has 1 fully saturated rings. The third-order valence-corrected chi connectivity index (χ3v) is 4.62. The van der Waals surface area contributed by atoms with Crippen molar-refractivity contribution in [3.63, 3.8) is 0 Å². The SMILES string of the molecule is O=C(CN1CCSCC1)N/N=C/c1cccc(Cl)c1Cl. The smallest absolute Gasteiger partial charge is 0.254 e. The number of hydrogen-bond acceptors (Lipinski definition) is 4. The number of carbonyl (C=O) groups is 1. The first-order valence-electron chi connectivity index (χ1n) is 6.23. The Kier molecular flexibility index (Phi) is 6.16. The fraction of sp³-hybridized carbons (Fsp3) is 0.385. The minimum absolute atomic E-state index is 0.119. The van der Waals surface area contributed by atoms with Crippen molar-refractivity contribution in [2.24, 2.45) is 5.10 Å². The number of halogens is 2. The van der Waals surface area contributed by atoms with Crippen molar-refractivity contribution in [2.45, 2.75) is 0 Å². The maximum atomic E-state index is 11.7. The molecule has 0 bridgehead atoms. The van der Waals surface area contributed by atoms with E-state index in [4.69, 9.17) is 23.2 Å². The lowest BCUT2D eigenvalue weighted by Gasteiger charge is -2.24. The number of thioether (sulfide) groups is 1. The summed E-state index contributed by atoms with van der Waals surface area (Å²) >= 11 is 13.8. The van der Waals surface area contributed by atoms with Crippen LogP contribution in [-0.4, -0.2) is 48.2 Å². The summed E-state index contributed by atoms with van der Waals surface area (Å²) < 4.78 is 0. The van der Waals surface area contributed by atoms with Crippen LogP contribution in [0.1, 0.15) is 5.56 Å². The highest BCUT2D eigenvalue weighted by molar-refractivity contribution is 7.99. The Bertz CT molecular complexity index is 504. The van der Waals surface area contributed by atoms with E-state index in [1.54, 1.807) is 18.2 Å². The number of nitrogens with zero attached hydrogens (tertiary/aromatic N) is 2. The monoisotopic (exact) mass is 331 g/mol. The van der Waals surface area contributed by atoms with Gasteiger partial charge in [0, 0.05) is 30.2 Å². The number of amides is 1. The summed E-state index contributed by atoms with van der Waals surface area (Å²) in [7, 11) is 0. The summed E-state index contributed by atoms with van der Waals surface area (Å²) in [6.45, 7) is 2.27. The van der Waals surface area contributed by atoms with Crippen LogP contribution >= 0.6 is 35.0 Å². The molecule has 4 nitrogen and oxygen atoms in total. The molecule has 1 aromatic rings. The number of hydrogen-bond donors (Lipinski definition) is 1. The molecule has 1 aliphatic heterocycles. The quantitative estimate of drug-likeness (QED) is 0.681. The van der Waals surface area contributed by atoms with E-state index in [1.165, 1.54) is 6.21 Å². The lowest BCUT2D eigenvalue weighted by Crippen LogP contribution is -2.40. The van der Waals surface area contributed by atoms with E-state index in [0.29, 0.717) is 22.2 Å². The minimum atomic E-state index is -0.119. The van der Waals surface area contributed by atoms with Gasteiger partial charge in [0.15, 0.2) is 0 Å². The van der Waals surface area contributed by atoms with Crippen LogP contribution in [0.2, 0.25) is 10.0 Å². The van der Waals surface area contributed by atoms with Gasteiger partial charge in [-0.1, -0.05) is 35.3 Å².